The highest BCUT2D eigenvalue weighted by Crippen LogP contribution is 2.94. The molecule has 2 bridgehead atoms. The van der Waals surface area contributed by atoms with E-state index in [1.165, 1.54) is 25.7 Å². The van der Waals surface area contributed by atoms with Crippen molar-refractivity contribution in [2.24, 2.45) is 22.2 Å². The quantitative estimate of drug-likeness (QED) is 0.470. The van der Waals surface area contributed by atoms with E-state index in [9.17, 15) is 0 Å². The molecule has 2 heteroatoms. The fraction of sp³-hybridized carbons (Fsp3) is 0.667. The summed E-state index contributed by atoms with van der Waals surface area (Å²) in [6, 6.07) is 9.24. The SMILES string of the molecule is CC1(C)[C@@H]2CC[C@@]1(C)C1(SS1)C21Cc2ccccc2C1. The second kappa shape index (κ2) is 3.30. The van der Waals surface area contributed by atoms with Crippen LogP contribution in [0.4, 0.5) is 0 Å². The predicted molar refractivity (Wildman–Crippen MR) is 88.8 cm³/mol. The zero-order valence-electron chi connectivity index (χ0n) is 12.5. The lowest BCUT2D eigenvalue weighted by Gasteiger charge is -2.43. The van der Waals surface area contributed by atoms with Crippen molar-refractivity contribution in [1.29, 1.82) is 0 Å². The largest absolute Gasteiger partial charge is 0.0941 e. The molecule has 2 saturated carbocycles. The second-order valence-corrected chi connectivity index (χ2v) is 11.0. The summed E-state index contributed by atoms with van der Waals surface area (Å²) in [6.07, 6.45) is 5.59. The molecule has 0 amide bonds. The first-order valence-corrected chi connectivity index (χ1v) is 10.1. The van der Waals surface area contributed by atoms with Gasteiger partial charge in [-0.25, -0.2) is 0 Å². The van der Waals surface area contributed by atoms with Gasteiger partial charge in [-0.15, -0.1) is 0 Å². The molecule has 2 atom stereocenters. The van der Waals surface area contributed by atoms with Gasteiger partial charge < -0.3 is 0 Å². The maximum absolute atomic E-state index is 2.61. The van der Waals surface area contributed by atoms with Crippen LogP contribution < -0.4 is 0 Å². The van der Waals surface area contributed by atoms with Crippen molar-refractivity contribution in [3.63, 3.8) is 0 Å². The molecule has 3 aliphatic carbocycles. The third-order valence-electron chi connectivity index (χ3n) is 7.66. The summed E-state index contributed by atoms with van der Waals surface area (Å²) >= 11 is 0. The molecule has 1 aliphatic heterocycles. The van der Waals surface area contributed by atoms with E-state index in [1.807, 2.05) is 0 Å². The van der Waals surface area contributed by atoms with Crippen LogP contribution in [0, 0.1) is 22.2 Å². The van der Waals surface area contributed by atoms with Gasteiger partial charge in [0, 0.05) is 5.41 Å². The smallest absolute Gasteiger partial charge is 0.0726 e. The van der Waals surface area contributed by atoms with E-state index in [0.29, 0.717) is 20.3 Å². The van der Waals surface area contributed by atoms with E-state index in [-0.39, 0.29) is 0 Å². The molecule has 1 saturated heterocycles. The molecular weight excluding hydrogens is 280 g/mol. The molecular formula is C18H22S2. The molecule has 4 aliphatic rings. The third-order valence-corrected chi connectivity index (χ3v) is 11.4. The van der Waals surface area contributed by atoms with Crippen molar-refractivity contribution in [2.45, 2.75) is 50.5 Å². The minimum atomic E-state index is 0.505. The van der Waals surface area contributed by atoms with Crippen molar-refractivity contribution in [3.8, 4) is 0 Å². The molecule has 106 valence electrons. The van der Waals surface area contributed by atoms with Gasteiger partial charge in [0.1, 0.15) is 0 Å². The van der Waals surface area contributed by atoms with Gasteiger partial charge in [-0.3, -0.25) is 0 Å². The lowest BCUT2D eigenvalue weighted by atomic mass is 9.67. The standard InChI is InChI=1S/C18H22S2/c1-15(2)14-8-9-16(15,3)18(19-20-18)17(14)10-12-6-4-5-7-13(12)11-17/h4-7,14H,8-11H2,1-3H3/t14-,16+/m0/s1. The van der Waals surface area contributed by atoms with E-state index < -0.39 is 0 Å². The summed E-state index contributed by atoms with van der Waals surface area (Å²) < 4.78 is 0.519. The van der Waals surface area contributed by atoms with E-state index in [2.05, 4.69) is 66.6 Å². The van der Waals surface area contributed by atoms with Gasteiger partial charge in [0.15, 0.2) is 0 Å². The van der Waals surface area contributed by atoms with Gasteiger partial charge in [-0.05, 0) is 53.6 Å². The van der Waals surface area contributed by atoms with Crippen LogP contribution in [0.15, 0.2) is 24.3 Å². The number of benzene rings is 1. The van der Waals surface area contributed by atoms with Gasteiger partial charge in [0.25, 0.3) is 0 Å². The number of hydrogen-bond acceptors (Lipinski definition) is 2. The van der Waals surface area contributed by atoms with Gasteiger partial charge >= 0.3 is 0 Å². The minimum Gasteiger partial charge on any atom is -0.0726 e. The first-order chi connectivity index (χ1) is 9.47. The first kappa shape index (κ1) is 12.5. The van der Waals surface area contributed by atoms with Gasteiger partial charge in [-0.1, -0.05) is 66.6 Å². The number of rotatable bonds is 0. The van der Waals surface area contributed by atoms with Crippen LogP contribution in [-0.4, -0.2) is 4.08 Å². The molecule has 1 aromatic rings. The van der Waals surface area contributed by atoms with Crippen LogP contribution in [-0.2, 0) is 12.8 Å². The van der Waals surface area contributed by atoms with Crippen LogP contribution in [0.3, 0.4) is 0 Å². The molecule has 2 spiro atoms. The predicted octanol–water partition coefficient (Wildman–Crippen LogP) is 5.32. The van der Waals surface area contributed by atoms with Crippen molar-refractivity contribution in [1.82, 2.24) is 0 Å². The highest BCUT2D eigenvalue weighted by Gasteiger charge is 2.85. The lowest BCUT2D eigenvalue weighted by Crippen LogP contribution is -2.45. The van der Waals surface area contributed by atoms with Crippen LogP contribution in [0.1, 0.15) is 44.7 Å². The average Bonchev–Trinajstić information content (AvgIpc) is 3.05. The van der Waals surface area contributed by atoms with Gasteiger partial charge in [0.2, 0.25) is 0 Å². The Hall–Kier alpha value is -0.0800. The van der Waals surface area contributed by atoms with Crippen molar-refractivity contribution < 1.29 is 0 Å². The summed E-state index contributed by atoms with van der Waals surface area (Å²) in [5.74, 6) is 0.912. The average molecular weight is 303 g/mol. The summed E-state index contributed by atoms with van der Waals surface area (Å²) in [4.78, 5) is 0. The topological polar surface area (TPSA) is 0 Å². The van der Waals surface area contributed by atoms with E-state index in [4.69, 9.17) is 0 Å². The molecule has 0 aromatic heterocycles. The Labute approximate surface area is 129 Å². The second-order valence-electron chi connectivity index (χ2n) is 8.21. The molecule has 0 unspecified atom stereocenters. The molecule has 1 aromatic carbocycles. The lowest BCUT2D eigenvalue weighted by molar-refractivity contribution is 0.139. The van der Waals surface area contributed by atoms with E-state index in [1.54, 1.807) is 11.1 Å². The number of fused-ring (bicyclic) bond motifs is 6. The van der Waals surface area contributed by atoms with Crippen LogP contribution in [0.5, 0.6) is 0 Å². The molecule has 0 radical (unpaired) electrons. The van der Waals surface area contributed by atoms with E-state index in [0.717, 1.165) is 5.92 Å². The fourth-order valence-electron chi connectivity index (χ4n) is 6.35. The summed E-state index contributed by atoms with van der Waals surface area (Å²) in [7, 11) is 4.45. The van der Waals surface area contributed by atoms with Gasteiger partial charge in [0.05, 0.1) is 4.08 Å². The van der Waals surface area contributed by atoms with Crippen molar-refractivity contribution in [2.75, 3.05) is 0 Å². The third kappa shape index (κ3) is 1.02. The number of hydrogen-bond donors (Lipinski definition) is 0. The molecule has 3 fully saturated rings. The summed E-state index contributed by atoms with van der Waals surface area (Å²) in [6.45, 7) is 7.75. The highest BCUT2D eigenvalue weighted by molar-refractivity contribution is 8.93. The van der Waals surface area contributed by atoms with Crippen molar-refractivity contribution >= 4 is 21.6 Å². The Bertz CT molecular complexity index is 589. The Kier molecular flexibility index (Phi) is 2.06. The van der Waals surface area contributed by atoms with E-state index >= 15 is 0 Å². The monoisotopic (exact) mass is 302 g/mol. The Morgan fingerprint density at radius 2 is 1.60 bits per heavy atom. The molecule has 5 rings (SSSR count). The molecule has 0 nitrogen and oxygen atoms in total. The zero-order valence-corrected chi connectivity index (χ0v) is 14.2. The Morgan fingerprint density at radius 1 is 1.00 bits per heavy atom. The maximum atomic E-state index is 2.61. The van der Waals surface area contributed by atoms with Crippen LogP contribution >= 0.6 is 21.6 Å². The summed E-state index contributed by atoms with van der Waals surface area (Å²) in [5.41, 5.74) is 4.87. The zero-order chi connectivity index (χ0) is 13.8. The normalized spacial score (nSPS) is 40.5. The van der Waals surface area contributed by atoms with Crippen LogP contribution in [0.25, 0.3) is 0 Å². The van der Waals surface area contributed by atoms with Gasteiger partial charge in [-0.2, -0.15) is 0 Å². The fourth-order valence-corrected chi connectivity index (χ4v) is 10.8. The summed E-state index contributed by atoms with van der Waals surface area (Å²) in [5, 5.41) is 0. The molecule has 20 heavy (non-hydrogen) atoms. The van der Waals surface area contributed by atoms with Crippen molar-refractivity contribution in [3.05, 3.63) is 35.4 Å². The Morgan fingerprint density at radius 3 is 2.15 bits per heavy atom. The van der Waals surface area contributed by atoms with Crippen LogP contribution in [0.2, 0.25) is 0 Å². The minimum absolute atomic E-state index is 0.505. The highest BCUT2D eigenvalue weighted by atomic mass is 33.2. The molecule has 1 heterocycles. The molecule has 0 N–H and O–H groups in total. The maximum Gasteiger partial charge on any atom is 0.0941 e. The first-order valence-electron chi connectivity index (χ1n) is 7.91. The Balaban J connectivity index is 1.71.